The molecule has 1 saturated heterocycles. The molecule has 4 rings (SSSR count). The predicted octanol–water partition coefficient (Wildman–Crippen LogP) is 3.55. The summed E-state index contributed by atoms with van der Waals surface area (Å²) in [5.74, 6) is -2.31. The van der Waals surface area contributed by atoms with Crippen LogP contribution in [0, 0.1) is 5.92 Å². The van der Waals surface area contributed by atoms with Gasteiger partial charge in [-0.1, -0.05) is 55.3 Å². The SMILES string of the molecule is CC(C)(C)OC(=O)N[C@H]1CCCCC/C=C\[C@@H]2C[C@@]2(C(=O)O)NC(=O)C2C[C@@H](OCc3ccccc3)CN2C1=O. The summed E-state index contributed by atoms with van der Waals surface area (Å²) in [5, 5.41) is 15.5. The third-order valence-electron chi connectivity index (χ3n) is 7.64. The van der Waals surface area contributed by atoms with E-state index in [1.54, 1.807) is 20.8 Å². The predicted molar refractivity (Wildman–Crippen MR) is 147 cm³/mol. The van der Waals surface area contributed by atoms with Crippen molar-refractivity contribution >= 4 is 23.9 Å². The molecule has 3 amide bonds. The van der Waals surface area contributed by atoms with E-state index in [2.05, 4.69) is 10.6 Å². The average molecular weight is 556 g/mol. The largest absolute Gasteiger partial charge is 0.479 e. The molecule has 218 valence electrons. The molecule has 2 fully saturated rings. The van der Waals surface area contributed by atoms with E-state index in [0.717, 1.165) is 24.8 Å². The highest BCUT2D eigenvalue weighted by molar-refractivity contribution is 5.96. The summed E-state index contributed by atoms with van der Waals surface area (Å²) in [6.45, 7) is 5.71. The van der Waals surface area contributed by atoms with Gasteiger partial charge in [0.15, 0.2) is 0 Å². The fourth-order valence-corrected chi connectivity index (χ4v) is 5.42. The summed E-state index contributed by atoms with van der Waals surface area (Å²) < 4.78 is 11.5. The molecule has 0 radical (unpaired) electrons. The van der Waals surface area contributed by atoms with Gasteiger partial charge < -0.3 is 30.1 Å². The first-order valence-corrected chi connectivity index (χ1v) is 14.2. The van der Waals surface area contributed by atoms with Gasteiger partial charge in [0, 0.05) is 18.9 Å². The van der Waals surface area contributed by atoms with Crippen LogP contribution in [0.5, 0.6) is 0 Å². The Morgan fingerprint density at radius 2 is 1.90 bits per heavy atom. The van der Waals surface area contributed by atoms with Crippen molar-refractivity contribution in [3.63, 3.8) is 0 Å². The zero-order valence-electron chi connectivity index (χ0n) is 23.6. The molecule has 1 saturated carbocycles. The van der Waals surface area contributed by atoms with E-state index in [4.69, 9.17) is 9.47 Å². The minimum absolute atomic E-state index is 0.152. The van der Waals surface area contributed by atoms with E-state index in [0.29, 0.717) is 25.9 Å². The van der Waals surface area contributed by atoms with E-state index in [-0.39, 0.29) is 18.9 Å². The van der Waals surface area contributed by atoms with Gasteiger partial charge in [-0.25, -0.2) is 9.59 Å². The number of carbonyl (C=O) groups is 4. The van der Waals surface area contributed by atoms with Crippen LogP contribution < -0.4 is 10.6 Å². The molecule has 2 aliphatic heterocycles. The number of carbonyl (C=O) groups excluding carboxylic acids is 3. The first-order chi connectivity index (χ1) is 19.0. The van der Waals surface area contributed by atoms with Crippen molar-refractivity contribution in [3.05, 3.63) is 48.0 Å². The summed E-state index contributed by atoms with van der Waals surface area (Å²) >= 11 is 0. The Morgan fingerprint density at radius 1 is 1.15 bits per heavy atom. The number of carboxylic acids is 1. The minimum atomic E-state index is -1.38. The Labute approximate surface area is 235 Å². The van der Waals surface area contributed by atoms with Crippen LogP contribution in [0.1, 0.15) is 71.3 Å². The summed E-state index contributed by atoms with van der Waals surface area (Å²) in [6.07, 6.45) is 6.81. The summed E-state index contributed by atoms with van der Waals surface area (Å²) in [4.78, 5) is 53.8. The number of fused-ring (bicyclic) bond motifs is 2. The molecule has 0 bridgehead atoms. The fraction of sp³-hybridized carbons (Fsp3) is 0.600. The standard InChI is InChI=1S/C30H41N3O7/c1-29(2,3)40-28(38)31-23-15-11-6-4-5-10-14-21-17-30(21,27(36)37)32-25(34)24-16-22(18-33(24)26(23)35)39-19-20-12-8-7-9-13-20/h7-10,12-14,21-24H,4-6,11,15-19H2,1-3H3,(H,31,38)(H,32,34)(H,36,37)/b14-10-/t21-,22-,23+,24?,30-/m1/s1. The molecule has 5 atom stereocenters. The Hall–Kier alpha value is -3.40. The molecule has 1 aromatic rings. The van der Waals surface area contributed by atoms with Gasteiger partial charge in [0.2, 0.25) is 11.8 Å². The quantitative estimate of drug-likeness (QED) is 0.473. The van der Waals surface area contributed by atoms with E-state index in [9.17, 15) is 24.3 Å². The van der Waals surface area contributed by atoms with Crippen LogP contribution >= 0.6 is 0 Å². The molecule has 0 aromatic heterocycles. The van der Waals surface area contributed by atoms with Crippen molar-refractivity contribution < 1.29 is 33.8 Å². The second-order valence-electron chi connectivity index (χ2n) is 12.0. The third kappa shape index (κ3) is 7.41. The lowest BCUT2D eigenvalue weighted by Crippen LogP contribution is -2.56. The van der Waals surface area contributed by atoms with Crippen molar-refractivity contribution in [2.45, 2.75) is 102 Å². The van der Waals surface area contributed by atoms with Gasteiger partial charge in [0.1, 0.15) is 23.2 Å². The first-order valence-electron chi connectivity index (χ1n) is 14.2. The van der Waals surface area contributed by atoms with Gasteiger partial charge in [-0.15, -0.1) is 0 Å². The zero-order valence-corrected chi connectivity index (χ0v) is 23.6. The molecule has 3 aliphatic rings. The Bertz CT molecular complexity index is 1120. The highest BCUT2D eigenvalue weighted by Gasteiger charge is 2.61. The molecule has 40 heavy (non-hydrogen) atoms. The average Bonchev–Trinajstić information content (AvgIpc) is 3.41. The van der Waals surface area contributed by atoms with Crippen LogP contribution in [-0.4, -0.2) is 69.8 Å². The summed E-state index contributed by atoms with van der Waals surface area (Å²) in [6, 6.07) is 7.78. The van der Waals surface area contributed by atoms with Crippen LogP contribution in [0.3, 0.4) is 0 Å². The molecule has 10 heteroatoms. The van der Waals surface area contributed by atoms with Gasteiger partial charge in [-0.05, 0) is 52.0 Å². The number of ether oxygens (including phenoxy) is 2. The summed E-state index contributed by atoms with van der Waals surface area (Å²) in [7, 11) is 0. The number of hydrogen-bond donors (Lipinski definition) is 3. The van der Waals surface area contributed by atoms with Crippen LogP contribution in [-0.2, 0) is 30.5 Å². The molecule has 1 aliphatic carbocycles. The molecule has 0 spiro atoms. The van der Waals surface area contributed by atoms with Gasteiger partial charge in [-0.3, -0.25) is 9.59 Å². The van der Waals surface area contributed by atoms with E-state index in [1.807, 2.05) is 42.5 Å². The number of carboxylic acid groups (broad SMARTS) is 1. The minimum Gasteiger partial charge on any atom is -0.479 e. The topological polar surface area (TPSA) is 134 Å². The van der Waals surface area contributed by atoms with Gasteiger partial charge in [-0.2, -0.15) is 0 Å². The van der Waals surface area contributed by atoms with Crippen LogP contribution in [0.15, 0.2) is 42.5 Å². The van der Waals surface area contributed by atoms with Gasteiger partial charge >= 0.3 is 12.1 Å². The third-order valence-corrected chi connectivity index (χ3v) is 7.64. The van der Waals surface area contributed by atoms with E-state index < -0.39 is 53.2 Å². The normalized spacial score (nSPS) is 30.1. The molecular formula is C30H41N3O7. The number of allylic oxidation sites excluding steroid dienone is 1. The van der Waals surface area contributed by atoms with Gasteiger partial charge in [0.25, 0.3) is 0 Å². The molecule has 3 N–H and O–H groups in total. The van der Waals surface area contributed by atoms with Crippen LogP contribution in [0.25, 0.3) is 0 Å². The Balaban J connectivity index is 1.57. The maximum atomic E-state index is 13.9. The molecule has 1 unspecified atom stereocenters. The van der Waals surface area contributed by atoms with E-state index >= 15 is 0 Å². The number of benzene rings is 1. The number of hydrogen-bond acceptors (Lipinski definition) is 6. The van der Waals surface area contributed by atoms with Crippen LogP contribution in [0.4, 0.5) is 4.79 Å². The lowest BCUT2D eigenvalue weighted by atomic mass is 10.0. The van der Waals surface area contributed by atoms with Gasteiger partial charge in [0.05, 0.1) is 12.7 Å². The number of nitrogens with one attached hydrogen (secondary N) is 2. The van der Waals surface area contributed by atoms with Crippen molar-refractivity contribution in [1.82, 2.24) is 15.5 Å². The molecule has 2 heterocycles. The highest BCUT2D eigenvalue weighted by Crippen LogP contribution is 2.45. The lowest BCUT2D eigenvalue weighted by molar-refractivity contribution is -0.145. The zero-order chi connectivity index (χ0) is 28.9. The van der Waals surface area contributed by atoms with E-state index in [1.165, 1.54) is 4.90 Å². The van der Waals surface area contributed by atoms with Crippen molar-refractivity contribution in [1.29, 1.82) is 0 Å². The van der Waals surface area contributed by atoms with Crippen LogP contribution in [0.2, 0.25) is 0 Å². The summed E-state index contributed by atoms with van der Waals surface area (Å²) in [5.41, 5.74) is -1.15. The maximum absolute atomic E-state index is 13.9. The Morgan fingerprint density at radius 3 is 2.60 bits per heavy atom. The smallest absolute Gasteiger partial charge is 0.408 e. The van der Waals surface area contributed by atoms with Crippen molar-refractivity contribution in [2.24, 2.45) is 5.92 Å². The molecule has 1 aromatic carbocycles. The lowest BCUT2D eigenvalue weighted by Gasteiger charge is -2.30. The molecule has 10 nitrogen and oxygen atoms in total. The monoisotopic (exact) mass is 555 g/mol. The molecular weight excluding hydrogens is 514 g/mol. The number of rotatable bonds is 5. The number of amides is 3. The highest BCUT2D eigenvalue weighted by atomic mass is 16.6. The maximum Gasteiger partial charge on any atom is 0.408 e. The number of nitrogens with zero attached hydrogens (tertiary/aromatic N) is 1. The second-order valence-corrected chi connectivity index (χ2v) is 12.0. The Kier molecular flexibility index (Phi) is 9.18. The number of aliphatic carboxylic acids is 1. The van der Waals surface area contributed by atoms with Crippen molar-refractivity contribution in [3.8, 4) is 0 Å². The first kappa shape index (κ1) is 29.6. The fourth-order valence-electron chi connectivity index (χ4n) is 5.42. The second kappa shape index (κ2) is 12.4. The number of alkyl carbamates (subject to hydrolysis) is 1. The van der Waals surface area contributed by atoms with Crippen molar-refractivity contribution in [2.75, 3.05) is 6.54 Å².